The first kappa shape index (κ1) is 15.3. The monoisotopic (exact) mass is 342 g/mol. The standard InChI is InChI=1S/C15H14F4N4O/c16-9-7-23-12(5-11(9)22-3-1-2-13(22)24)21-10-4-8(15(17,18)19)6-20-14(10)23/h4,6,9,11H,1-3,5,7H2. The van der Waals surface area contributed by atoms with Crippen LogP contribution in [0.25, 0.3) is 11.2 Å². The Hall–Kier alpha value is -2.19. The second-order valence-electron chi connectivity index (χ2n) is 6.18. The van der Waals surface area contributed by atoms with Crippen LogP contribution in [0.3, 0.4) is 0 Å². The van der Waals surface area contributed by atoms with Crippen LogP contribution >= 0.6 is 0 Å². The number of carbonyl (C=O) groups excluding carboxylic acids is 1. The number of alkyl halides is 4. The van der Waals surface area contributed by atoms with Gasteiger partial charge in [-0.2, -0.15) is 13.2 Å². The smallest absolute Gasteiger partial charge is 0.336 e. The van der Waals surface area contributed by atoms with E-state index < -0.39 is 24.0 Å². The molecule has 0 spiro atoms. The van der Waals surface area contributed by atoms with Crippen molar-refractivity contribution in [1.29, 1.82) is 0 Å². The normalized spacial score (nSPS) is 24.7. The summed E-state index contributed by atoms with van der Waals surface area (Å²) in [5.74, 6) is 0.389. The molecule has 2 unspecified atom stereocenters. The van der Waals surface area contributed by atoms with Crippen molar-refractivity contribution in [2.45, 2.75) is 44.2 Å². The third-order valence-electron chi connectivity index (χ3n) is 4.67. The Morgan fingerprint density at radius 2 is 2.08 bits per heavy atom. The first-order chi connectivity index (χ1) is 11.3. The molecule has 128 valence electrons. The number of fused-ring (bicyclic) bond motifs is 3. The first-order valence-electron chi connectivity index (χ1n) is 7.70. The third-order valence-corrected chi connectivity index (χ3v) is 4.67. The van der Waals surface area contributed by atoms with Crippen LogP contribution < -0.4 is 0 Å². The fourth-order valence-corrected chi connectivity index (χ4v) is 3.50. The number of pyridine rings is 1. The van der Waals surface area contributed by atoms with Gasteiger partial charge in [0.2, 0.25) is 5.91 Å². The summed E-state index contributed by atoms with van der Waals surface area (Å²) in [7, 11) is 0. The lowest BCUT2D eigenvalue weighted by molar-refractivity contribution is -0.137. The van der Waals surface area contributed by atoms with Gasteiger partial charge in [0, 0.05) is 25.6 Å². The quantitative estimate of drug-likeness (QED) is 0.748. The van der Waals surface area contributed by atoms with Crippen LogP contribution in [0.4, 0.5) is 17.6 Å². The molecule has 9 heteroatoms. The van der Waals surface area contributed by atoms with Gasteiger partial charge in [-0.15, -0.1) is 0 Å². The summed E-state index contributed by atoms with van der Waals surface area (Å²) in [5, 5.41) is 0. The molecule has 2 aliphatic heterocycles. The molecule has 2 atom stereocenters. The van der Waals surface area contributed by atoms with E-state index in [0.717, 1.165) is 12.3 Å². The zero-order valence-electron chi connectivity index (χ0n) is 12.6. The maximum Gasteiger partial charge on any atom is 0.417 e. The summed E-state index contributed by atoms with van der Waals surface area (Å²) in [6.45, 7) is 0.458. The van der Waals surface area contributed by atoms with Crippen molar-refractivity contribution in [3.05, 3.63) is 23.7 Å². The first-order valence-corrected chi connectivity index (χ1v) is 7.70. The van der Waals surface area contributed by atoms with Crippen molar-refractivity contribution >= 4 is 17.1 Å². The van der Waals surface area contributed by atoms with Gasteiger partial charge in [0.15, 0.2) is 5.65 Å². The molecule has 0 aliphatic carbocycles. The highest BCUT2D eigenvalue weighted by atomic mass is 19.4. The second kappa shape index (κ2) is 5.15. The largest absolute Gasteiger partial charge is 0.417 e. The summed E-state index contributed by atoms with van der Waals surface area (Å²) in [4.78, 5) is 21.4. The van der Waals surface area contributed by atoms with Crippen molar-refractivity contribution in [2.75, 3.05) is 6.54 Å². The molecule has 2 aliphatic rings. The Labute approximate surface area is 134 Å². The van der Waals surface area contributed by atoms with E-state index in [4.69, 9.17) is 0 Å². The SMILES string of the molecule is O=C1CCCN1C1Cc2nc3cc(C(F)(F)F)cnc3n2CC1F. The van der Waals surface area contributed by atoms with Gasteiger partial charge in [0.1, 0.15) is 17.5 Å². The molecule has 0 aromatic carbocycles. The van der Waals surface area contributed by atoms with E-state index >= 15 is 0 Å². The number of likely N-dealkylation sites (tertiary alicyclic amines) is 1. The predicted molar refractivity (Wildman–Crippen MR) is 75.9 cm³/mol. The van der Waals surface area contributed by atoms with Crippen molar-refractivity contribution in [2.24, 2.45) is 0 Å². The lowest BCUT2D eigenvalue weighted by atomic mass is 10.0. The van der Waals surface area contributed by atoms with Gasteiger partial charge in [-0.05, 0) is 12.5 Å². The minimum Gasteiger partial charge on any atom is -0.336 e. The number of carbonyl (C=O) groups is 1. The highest BCUT2D eigenvalue weighted by molar-refractivity contribution is 5.78. The molecular weight excluding hydrogens is 328 g/mol. The maximum atomic E-state index is 14.6. The summed E-state index contributed by atoms with van der Waals surface area (Å²) in [6.07, 6.45) is -3.75. The van der Waals surface area contributed by atoms with E-state index in [-0.39, 0.29) is 30.0 Å². The van der Waals surface area contributed by atoms with Gasteiger partial charge >= 0.3 is 6.18 Å². The fourth-order valence-electron chi connectivity index (χ4n) is 3.50. The Bertz CT molecular complexity index is 816. The zero-order valence-corrected chi connectivity index (χ0v) is 12.6. The van der Waals surface area contributed by atoms with Crippen LogP contribution in [0.5, 0.6) is 0 Å². The van der Waals surface area contributed by atoms with Gasteiger partial charge in [0.25, 0.3) is 0 Å². The van der Waals surface area contributed by atoms with E-state index in [1.165, 1.54) is 9.47 Å². The van der Waals surface area contributed by atoms with E-state index in [0.29, 0.717) is 25.2 Å². The van der Waals surface area contributed by atoms with Crippen LogP contribution in [-0.2, 0) is 23.9 Å². The molecule has 5 nitrogen and oxygen atoms in total. The van der Waals surface area contributed by atoms with Crippen LogP contribution in [0.15, 0.2) is 12.3 Å². The molecule has 24 heavy (non-hydrogen) atoms. The number of aromatic nitrogens is 3. The maximum absolute atomic E-state index is 14.6. The van der Waals surface area contributed by atoms with Gasteiger partial charge in [-0.25, -0.2) is 14.4 Å². The average molecular weight is 342 g/mol. The van der Waals surface area contributed by atoms with Crippen LogP contribution in [0, 0.1) is 0 Å². The van der Waals surface area contributed by atoms with E-state index in [1.54, 1.807) is 0 Å². The molecule has 4 heterocycles. The van der Waals surface area contributed by atoms with Crippen LogP contribution in [0.1, 0.15) is 24.2 Å². The molecule has 1 amide bonds. The molecule has 2 aromatic rings. The van der Waals surface area contributed by atoms with Crippen molar-refractivity contribution in [3.8, 4) is 0 Å². The summed E-state index contributed by atoms with van der Waals surface area (Å²) < 4.78 is 54.5. The topological polar surface area (TPSA) is 51.0 Å². The summed E-state index contributed by atoms with van der Waals surface area (Å²) in [6, 6.07) is 0.322. The zero-order chi connectivity index (χ0) is 17.1. The molecule has 0 bridgehead atoms. The van der Waals surface area contributed by atoms with Crippen molar-refractivity contribution in [3.63, 3.8) is 0 Å². The molecule has 2 aromatic heterocycles. The number of imidazole rings is 1. The highest BCUT2D eigenvalue weighted by Gasteiger charge is 2.39. The van der Waals surface area contributed by atoms with Crippen LogP contribution in [0.2, 0.25) is 0 Å². The molecule has 1 saturated heterocycles. The number of amides is 1. The summed E-state index contributed by atoms with van der Waals surface area (Å²) in [5.41, 5.74) is -0.541. The molecule has 4 rings (SSSR count). The van der Waals surface area contributed by atoms with E-state index in [1.807, 2.05) is 0 Å². The number of halogens is 4. The minimum atomic E-state index is -4.50. The van der Waals surface area contributed by atoms with Gasteiger partial charge in [-0.3, -0.25) is 4.79 Å². The van der Waals surface area contributed by atoms with Gasteiger partial charge in [0.05, 0.1) is 18.2 Å². The number of hydrogen-bond acceptors (Lipinski definition) is 3. The summed E-state index contributed by atoms with van der Waals surface area (Å²) >= 11 is 0. The molecule has 0 N–H and O–H groups in total. The minimum absolute atomic E-state index is 0.0569. The van der Waals surface area contributed by atoms with Crippen LogP contribution in [-0.4, -0.2) is 44.1 Å². The number of hydrogen-bond donors (Lipinski definition) is 0. The molecule has 1 fully saturated rings. The Balaban J connectivity index is 1.72. The lowest BCUT2D eigenvalue weighted by Gasteiger charge is -2.34. The molecular formula is C15H14F4N4O. The highest BCUT2D eigenvalue weighted by Crippen LogP contribution is 2.32. The number of nitrogens with zero attached hydrogens (tertiary/aromatic N) is 4. The van der Waals surface area contributed by atoms with Gasteiger partial charge < -0.3 is 9.47 Å². The van der Waals surface area contributed by atoms with Crippen molar-refractivity contribution in [1.82, 2.24) is 19.4 Å². The Kier molecular flexibility index (Phi) is 3.29. The van der Waals surface area contributed by atoms with E-state index in [9.17, 15) is 22.4 Å². The second-order valence-corrected chi connectivity index (χ2v) is 6.18. The average Bonchev–Trinajstić information content (AvgIpc) is 3.08. The Morgan fingerprint density at radius 3 is 2.75 bits per heavy atom. The van der Waals surface area contributed by atoms with Crippen molar-refractivity contribution < 1.29 is 22.4 Å². The Morgan fingerprint density at radius 1 is 1.29 bits per heavy atom. The van der Waals surface area contributed by atoms with E-state index in [2.05, 4.69) is 9.97 Å². The van der Waals surface area contributed by atoms with Gasteiger partial charge in [-0.1, -0.05) is 0 Å². The predicted octanol–water partition coefficient (Wildman–Crippen LogP) is 2.34. The fraction of sp³-hybridized carbons (Fsp3) is 0.533. The lowest BCUT2D eigenvalue weighted by Crippen LogP contribution is -2.48. The molecule has 0 radical (unpaired) electrons. The third kappa shape index (κ3) is 2.33. The molecule has 0 saturated carbocycles. The number of rotatable bonds is 1.